The normalized spacial score (nSPS) is 11.3. The van der Waals surface area contributed by atoms with Gasteiger partial charge in [-0.25, -0.2) is 8.42 Å². The Morgan fingerprint density at radius 1 is 0.926 bits per heavy atom. The van der Waals surface area contributed by atoms with Gasteiger partial charge in [0.1, 0.15) is 0 Å². The number of benzene rings is 2. The summed E-state index contributed by atoms with van der Waals surface area (Å²) in [7, 11) is -3.56. The van der Waals surface area contributed by atoms with E-state index in [0.717, 1.165) is 21.7 Å². The fourth-order valence-electron chi connectivity index (χ4n) is 2.39. The van der Waals surface area contributed by atoms with Crippen LogP contribution >= 0.6 is 0 Å². The van der Waals surface area contributed by atoms with Crippen LogP contribution in [-0.4, -0.2) is 37.3 Å². The number of anilines is 2. The van der Waals surface area contributed by atoms with Crippen molar-refractivity contribution in [2.24, 2.45) is 0 Å². The predicted octanol–water partition coefficient (Wildman–Crippen LogP) is 2.35. The van der Waals surface area contributed by atoms with Gasteiger partial charge in [-0.05, 0) is 36.8 Å². The van der Waals surface area contributed by atoms with Crippen molar-refractivity contribution in [2.75, 3.05) is 23.4 Å². The van der Waals surface area contributed by atoms with Gasteiger partial charge in [0, 0.05) is 24.8 Å². The van der Waals surface area contributed by atoms with Crippen LogP contribution in [0.25, 0.3) is 0 Å². The molecular weight excluding hydrogens is 366 g/mol. The number of hydrogen-bond donors (Lipinski definition) is 2. The van der Waals surface area contributed by atoms with Crippen LogP contribution in [0.15, 0.2) is 48.5 Å². The van der Waals surface area contributed by atoms with Crippen LogP contribution in [0.2, 0.25) is 0 Å². The van der Waals surface area contributed by atoms with Crippen molar-refractivity contribution in [3.8, 4) is 0 Å². The Kier molecular flexibility index (Phi) is 6.70. The number of nitrogens with zero attached hydrogens (tertiary/aromatic N) is 1. The zero-order valence-corrected chi connectivity index (χ0v) is 16.3. The lowest BCUT2D eigenvalue weighted by atomic mass is 10.1. The molecule has 0 spiro atoms. The Bertz CT molecular complexity index is 907. The second kappa shape index (κ2) is 8.79. The summed E-state index contributed by atoms with van der Waals surface area (Å²) in [6, 6.07) is 14.0. The second-order valence-electron chi connectivity index (χ2n) is 6.32. The Balaban J connectivity index is 2.03. The third-order valence-electron chi connectivity index (χ3n) is 3.76. The van der Waals surface area contributed by atoms with Gasteiger partial charge in [0.05, 0.1) is 12.8 Å². The van der Waals surface area contributed by atoms with E-state index in [4.69, 9.17) is 0 Å². The summed E-state index contributed by atoms with van der Waals surface area (Å²) in [6.45, 7) is 3.18. The molecule has 0 aliphatic rings. The minimum atomic E-state index is -3.56. The van der Waals surface area contributed by atoms with E-state index >= 15 is 0 Å². The van der Waals surface area contributed by atoms with E-state index in [1.165, 1.54) is 6.92 Å². The number of carbonyl (C=O) groups excluding carboxylic acids is 2. The highest BCUT2D eigenvalue weighted by atomic mass is 32.2. The molecule has 8 heteroatoms. The second-order valence-corrected chi connectivity index (χ2v) is 8.31. The molecule has 0 saturated carbocycles. The maximum Gasteiger partial charge on any atom is 0.239 e. The maximum atomic E-state index is 12.3. The Hall–Kier alpha value is -2.71. The van der Waals surface area contributed by atoms with Crippen molar-refractivity contribution in [3.63, 3.8) is 0 Å². The summed E-state index contributed by atoms with van der Waals surface area (Å²) in [4.78, 5) is 23.3. The number of rotatable bonds is 7. The molecule has 2 aromatic rings. The highest BCUT2D eigenvalue weighted by molar-refractivity contribution is 7.88. The van der Waals surface area contributed by atoms with E-state index < -0.39 is 15.9 Å². The first-order valence-corrected chi connectivity index (χ1v) is 10.2. The SMILES string of the molecule is CC(=O)Nc1ccc(NC(=O)CN(Cc2ccc(C)cc2)S(C)(=O)=O)cc1. The molecule has 0 fully saturated rings. The van der Waals surface area contributed by atoms with E-state index in [1.54, 1.807) is 24.3 Å². The fraction of sp³-hybridized carbons (Fsp3) is 0.263. The molecule has 0 radical (unpaired) electrons. The molecule has 0 aliphatic carbocycles. The lowest BCUT2D eigenvalue weighted by molar-refractivity contribution is -0.116. The summed E-state index contributed by atoms with van der Waals surface area (Å²) in [5.74, 6) is -0.633. The number of sulfonamides is 1. The Morgan fingerprint density at radius 3 is 1.93 bits per heavy atom. The summed E-state index contributed by atoms with van der Waals surface area (Å²) in [5.41, 5.74) is 3.00. The molecule has 2 amide bonds. The molecule has 0 saturated heterocycles. The zero-order valence-electron chi connectivity index (χ0n) is 15.5. The van der Waals surface area contributed by atoms with Crippen LogP contribution in [0.3, 0.4) is 0 Å². The van der Waals surface area contributed by atoms with E-state index in [9.17, 15) is 18.0 Å². The van der Waals surface area contributed by atoms with Crippen molar-refractivity contribution in [1.82, 2.24) is 4.31 Å². The molecule has 2 rings (SSSR count). The van der Waals surface area contributed by atoms with Gasteiger partial charge in [-0.15, -0.1) is 0 Å². The molecule has 0 aromatic heterocycles. The molecule has 2 N–H and O–H groups in total. The van der Waals surface area contributed by atoms with E-state index in [0.29, 0.717) is 11.4 Å². The molecule has 0 bridgehead atoms. The molecule has 0 aliphatic heterocycles. The van der Waals surface area contributed by atoms with Crippen LogP contribution in [0, 0.1) is 6.92 Å². The molecule has 7 nitrogen and oxygen atoms in total. The van der Waals surface area contributed by atoms with Gasteiger partial charge in [0.25, 0.3) is 0 Å². The molecule has 144 valence electrons. The van der Waals surface area contributed by atoms with Gasteiger partial charge in [-0.1, -0.05) is 29.8 Å². The first-order valence-electron chi connectivity index (χ1n) is 8.31. The molecular formula is C19H23N3O4S. The van der Waals surface area contributed by atoms with E-state index in [1.807, 2.05) is 31.2 Å². The lowest BCUT2D eigenvalue weighted by Crippen LogP contribution is -2.36. The van der Waals surface area contributed by atoms with Crippen molar-refractivity contribution in [2.45, 2.75) is 20.4 Å². The highest BCUT2D eigenvalue weighted by Crippen LogP contribution is 2.14. The molecule has 2 aromatic carbocycles. The summed E-state index contributed by atoms with van der Waals surface area (Å²) < 4.78 is 25.2. The number of hydrogen-bond acceptors (Lipinski definition) is 4. The van der Waals surface area contributed by atoms with Crippen LogP contribution in [0.5, 0.6) is 0 Å². The lowest BCUT2D eigenvalue weighted by Gasteiger charge is -2.19. The monoisotopic (exact) mass is 389 g/mol. The van der Waals surface area contributed by atoms with Gasteiger partial charge < -0.3 is 10.6 Å². The van der Waals surface area contributed by atoms with Crippen LogP contribution in [0.4, 0.5) is 11.4 Å². The van der Waals surface area contributed by atoms with Crippen LogP contribution in [0.1, 0.15) is 18.1 Å². The average Bonchev–Trinajstić information content (AvgIpc) is 2.56. The van der Waals surface area contributed by atoms with Gasteiger partial charge in [-0.2, -0.15) is 4.31 Å². The van der Waals surface area contributed by atoms with Gasteiger partial charge in [0.15, 0.2) is 0 Å². The maximum absolute atomic E-state index is 12.3. The average molecular weight is 389 g/mol. The molecule has 27 heavy (non-hydrogen) atoms. The van der Waals surface area contributed by atoms with Gasteiger partial charge in [0.2, 0.25) is 21.8 Å². The quantitative estimate of drug-likeness (QED) is 0.760. The van der Waals surface area contributed by atoms with Crippen molar-refractivity contribution in [3.05, 3.63) is 59.7 Å². The fourth-order valence-corrected chi connectivity index (χ4v) is 3.12. The standard InChI is InChI=1S/C19H23N3O4S/c1-14-4-6-16(7-5-14)12-22(27(3,25)26)13-19(24)21-18-10-8-17(9-11-18)20-15(2)23/h4-11H,12-13H2,1-3H3,(H,20,23)(H,21,24). The Morgan fingerprint density at radius 2 is 1.44 bits per heavy atom. The molecule has 0 unspecified atom stereocenters. The van der Waals surface area contributed by atoms with Crippen molar-refractivity contribution >= 4 is 33.2 Å². The van der Waals surface area contributed by atoms with E-state index in [-0.39, 0.29) is 19.0 Å². The Labute approximate surface area is 159 Å². The summed E-state index contributed by atoms with van der Waals surface area (Å²) in [5, 5.41) is 5.29. The first-order chi connectivity index (χ1) is 12.6. The van der Waals surface area contributed by atoms with Crippen LogP contribution < -0.4 is 10.6 Å². The summed E-state index contributed by atoms with van der Waals surface area (Å²) >= 11 is 0. The van der Waals surface area contributed by atoms with E-state index in [2.05, 4.69) is 10.6 Å². The third kappa shape index (κ3) is 6.84. The molecule has 0 atom stereocenters. The number of nitrogens with one attached hydrogen (secondary N) is 2. The largest absolute Gasteiger partial charge is 0.326 e. The van der Waals surface area contributed by atoms with Crippen molar-refractivity contribution < 1.29 is 18.0 Å². The zero-order chi connectivity index (χ0) is 20.0. The van der Waals surface area contributed by atoms with Crippen LogP contribution in [-0.2, 0) is 26.2 Å². The van der Waals surface area contributed by atoms with Gasteiger partial charge >= 0.3 is 0 Å². The highest BCUT2D eigenvalue weighted by Gasteiger charge is 2.20. The first kappa shape index (κ1) is 20.6. The van der Waals surface area contributed by atoms with Gasteiger partial charge in [-0.3, -0.25) is 9.59 Å². The smallest absolute Gasteiger partial charge is 0.239 e. The summed E-state index contributed by atoms with van der Waals surface area (Å²) in [6.07, 6.45) is 1.08. The van der Waals surface area contributed by atoms with Crippen molar-refractivity contribution in [1.29, 1.82) is 0 Å². The number of aryl methyl sites for hydroxylation is 1. The molecule has 0 heterocycles. The predicted molar refractivity (Wildman–Crippen MR) is 106 cm³/mol. The number of carbonyl (C=O) groups is 2. The minimum absolute atomic E-state index is 0.119. The third-order valence-corrected chi connectivity index (χ3v) is 4.95. The minimum Gasteiger partial charge on any atom is -0.326 e. The topological polar surface area (TPSA) is 95.6 Å². The number of amides is 2.